The van der Waals surface area contributed by atoms with Crippen LogP contribution < -0.4 is 0 Å². The van der Waals surface area contributed by atoms with Gasteiger partial charge in [-0.3, -0.25) is 0 Å². The number of rotatable bonds is 1. The smallest absolute Gasteiger partial charge is 0.0317 e. The van der Waals surface area contributed by atoms with Crippen LogP contribution in [0.1, 0.15) is 51.3 Å². The van der Waals surface area contributed by atoms with E-state index in [0.717, 1.165) is 11.1 Å². The zero-order valence-electron chi connectivity index (χ0n) is 10.9. The van der Waals surface area contributed by atoms with Crippen molar-refractivity contribution in [2.24, 2.45) is 0 Å². The molecule has 0 aliphatic rings. The van der Waals surface area contributed by atoms with E-state index in [9.17, 15) is 0 Å². The Bertz CT molecular complexity index is 444. The minimum atomic E-state index is 0.148. The van der Waals surface area contributed by atoms with Gasteiger partial charge in [0.15, 0.2) is 0 Å². The molecule has 0 aromatic heterocycles. The van der Waals surface area contributed by atoms with Crippen LogP contribution in [0.15, 0.2) is 23.8 Å². The first-order chi connectivity index (χ1) is 7.34. The van der Waals surface area contributed by atoms with Crippen molar-refractivity contribution in [3.8, 4) is 12.3 Å². The van der Waals surface area contributed by atoms with Crippen LogP contribution in [-0.2, 0) is 5.41 Å². The first-order valence-electron chi connectivity index (χ1n) is 5.60. The van der Waals surface area contributed by atoms with Crippen LogP contribution in [-0.4, -0.2) is 0 Å². The van der Waals surface area contributed by atoms with Crippen LogP contribution in [0, 0.1) is 12.3 Å². The summed E-state index contributed by atoms with van der Waals surface area (Å²) in [5.74, 6) is 2.77. The van der Waals surface area contributed by atoms with E-state index in [1.165, 1.54) is 11.1 Å². The van der Waals surface area contributed by atoms with Crippen LogP contribution in [0.3, 0.4) is 0 Å². The van der Waals surface area contributed by atoms with Crippen molar-refractivity contribution in [3.05, 3.63) is 40.5 Å². The molecule has 1 aromatic rings. The number of hydrogen-bond acceptors (Lipinski definition) is 0. The normalized spacial score (nSPS) is 10.8. The van der Waals surface area contributed by atoms with Crippen LogP contribution in [0.5, 0.6) is 0 Å². The molecule has 0 aliphatic carbocycles. The first kappa shape index (κ1) is 12.6. The molecule has 16 heavy (non-hydrogen) atoms. The van der Waals surface area contributed by atoms with E-state index in [0.29, 0.717) is 0 Å². The second-order valence-electron chi connectivity index (χ2n) is 5.42. The van der Waals surface area contributed by atoms with Gasteiger partial charge in [0, 0.05) is 5.56 Å². The van der Waals surface area contributed by atoms with Crippen molar-refractivity contribution < 1.29 is 0 Å². The third-order valence-electron chi connectivity index (χ3n) is 2.52. The van der Waals surface area contributed by atoms with Gasteiger partial charge in [0.05, 0.1) is 0 Å². The molecule has 0 saturated carbocycles. The fraction of sp³-hybridized carbons (Fsp3) is 0.375. The molecule has 0 atom stereocenters. The molecule has 0 unspecified atom stereocenters. The van der Waals surface area contributed by atoms with Gasteiger partial charge >= 0.3 is 0 Å². The molecular formula is C16H20. The number of benzene rings is 1. The summed E-state index contributed by atoms with van der Waals surface area (Å²) in [4.78, 5) is 0. The van der Waals surface area contributed by atoms with Gasteiger partial charge in [0.1, 0.15) is 0 Å². The molecule has 0 saturated heterocycles. The van der Waals surface area contributed by atoms with E-state index < -0.39 is 0 Å². The maximum absolute atomic E-state index is 5.56. The molecule has 1 rings (SSSR count). The molecular weight excluding hydrogens is 192 g/mol. The van der Waals surface area contributed by atoms with Crippen molar-refractivity contribution in [2.45, 2.75) is 40.0 Å². The molecule has 0 nitrogen and oxygen atoms in total. The van der Waals surface area contributed by atoms with E-state index in [2.05, 4.69) is 64.8 Å². The highest BCUT2D eigenvalue weighted by Crippen LogP contribution is 2.25. The summed E-state index contributed by atoms with van der Waals surface area (Å²) in [5.41, 5.74) is 4.81. The lowest BCUT2D eigenvalue weighted by molar-refractivity contribution is 0.590. The van der Waals surface area contributed by atoms with Crippen molar-refractivity contribution >= 4 is 6.08 Å². The van der Waals surface area contributed by atoms with Gasteiger partial charge in [0.2, 0.25) is 0 Å². The average Bonchev–Trinajstić information content (AvgIpc) is 2.15. The second kappa shape index (κ2) is 4.58. The molecule has 0 radical (unpaired) electrons. The minimum Gasteiger partial charge on any atom is -0.115 e. The lowest BCUT2D eigenvalue weighted by atomic mass is 9.85. The predicted molar refractivity (Wildman–Crippen MR) is 72.4 cm³/mol. The Hall–Kier alpha value is -1.48. The van der Waals surface area contributed by atoms with Crippen LogP contribution in [0.2, 0.25) is 0 Å². The van der Waals surface area contributed by atoms with Crippen molar-refractivity contribution in [3.63, 3.8) is 0 Å². The van der Waals surface area contributed by atoms with Crippen LogP contribution in [0.4, 0.5) is 0 Å². The lowest BCUT2D eigenvalue weighted by Gasteiger charge is -2.19. The average molecular weight is 212 g/mol. The number of allylic oxidation sites excluding steroid dienone is 1. The highest BCUT2D eigenvalue weighted by Gasteiger charge is 2.14. The SMILES string of the molecule is C#Cc1cc(C(C)(C)C)ccc1C=C(C)C. The Kier molecular flexibility index (Phi) is 3.60. The zero-order valence-corrected chi connectivity index (χ0v) is 10.9. The predicted octanol–water partition coefficient (Wildman–Crippen LogP) is 4.39. The third kappa shape index (κ3) is 3.00. The van der Waals surface area contributed by atoms with Crippen molar-refractivity contribution in [1.82, 2.24) is 0 Å². The lowest BCUT2D eigenvalue weighted by Crippen LogP contribution is -2.11. The van der Waals surface area contributed by atoms with Crippen LogP contribution >= 0.6 is 0 Å². The molecule has 0 heterocycles. The van der Waals surface area contributed by atoms with E-state index in [1.807, 2.05) is 0 Å². The molecule has 1 aromatic carbocycles. The molecule has 0 aliphatic heterocycles. The molecule has 0 fully saturated rings. The first-order valence-corrected chi connectivity index (χ1v) is 5.60. The van der Waals surface area contributed by atoms with Gasteiger partial charge in [-0.05, 0) is 36.5 Å². The van der Waals surface area contributed by atoms with Gasteiger partial charge in [-0.25, -0.2) is 0 Å². The number of hydrogen-bond donors (Lipinski definition) is 0. The summed E-state index contributed by atoms with van der Waals surface area (Å²) in [6.45, 7) is 10.8. The molecule has 84 valence electrons. The van der Waals surface area contributed by atoms with E-state index >= 15 is 0 Å². The Morgan fingerprint density at radius 2 is 1.88 bits per heavy atom. The Balaban J connectivity index is 3.30. The maximum atomic E-state index is 5.56. The highest BCUT2D eigenvalue weighted by molar-refractivity contribution is 5.61. The Morgan fingerprint density at radius 3 is 2.31 bits per heavy atom. The highest BCUT2D eigenvalue weighted by atomic mass is 14.2. The van der Waals surface area contributed by atoms with Gasteiger partial charge in [0.25, 0.3) is 0 Å². The van der Waals surface area contributed by atoms with Crippen molar-refractivity contribution in [1.29, 1.82) is 0 Å². The zero-order chi connectivity index (χ0) is 12.3. The summed E-state index contributed by atoms with van der Waals surface area (Å²) in [5, 5.41) is 0. The van der Waals surface area contributed by atoms with E-state index in [-0.39, 0.29) is 5.41 Å². The monoisotopic (exact) mass is 212 g/mol. The van der Waals surface area contributed by atoms with Gasteiger partial charge in [-0.2, -0.15) is 0 Å². The quantitative estimate of drug-likeness (QED) is 0.606. The summed E-state index contributed by atoms with van der Waals surface area (Å²) in [6.07, 6.45) is 7.69. The minimum absolute atomic E-state index is 0.148. The molecule has 0 bridgehead atoms. The summed E-state index contributed by atoms with van der Waals surface area (Å²) >= 11 is 0. The van der Waals surface area contributed by atoms with E-state index in [1.54, 1.807) is 0 Å². The largest absolute Gasteiger partial charge is 0.115 e. The topological polar surface area (TPSA) is 0 Å². The Morgan fingerprint density at radius 1 is 1.25 bits per heavy atom. The molecule has 0 N–H and O–H groups in total. The number of terminal acetylenes is 1. The summed E-state index contributed by atoms with van der Waals surface area (Å²) < 4.78 is 0. The van der Waals surface area contributed by atoms with Crippen molar-refractivity contribution in [2.75, 3.05) is 0 Å². The fourth-order valence-electron chi connectivity index (χ4n) is 1.58. The van der Waals surface area contributed by atoms with Crippen LogP contribution in [0.25, 0.3) is 6.08 Å². The van der Waals surface area contributed by atoms with E-state index in [4.69, 9.17) is 6.42 Å². The van der Waals surface area contributed by atoms with Gasteiger partial charge in [-0.1, -0.05) is 50.5 Å². The molecule has 0 amide bonds. The Labute approximate surface area is 99.4 Å². The summed E-state index contributed by atoms with van der Waals surface area (Å²) in [6, 6.07) is 6.40. The third-order valence-corrected chi connectivity index (χ3v) is 2.52. The molecule has 0 spiro atoms. The maximum Gasteiger partial charge on any atom is 0.0317 e. The second-order valence-corrected chi connectivity index (χ2v) is 5.42. The van der Waals surface area contributed by atoms with Gasteiger partial charge in [-0.15, -0.1) is 6.42 Å². The fourth-order valence-corrected chi connectivity index (χ4v) is 1.58. The standard InChI is InChI=1S/C16H20/c1-7-13-11-15(16(4,5)6)9-8-14(13)10-12(2)3/h1,8-11H,2-6H3. The summed E-state index contributed by atoms with van der Waals surface area (Å²) in [7, 11) is 0. The van der Waals surface area contributed by atoms with Gasteiger partial charge < -0.3 is 0 Å². The molecule has 0 heteroatoms.